The first-order valence-electron chi connectivity index (χ1n) is 10.7. The summed E-state index contributed by atoms with van der Waals surface area (Å²) in [6, 6.07) is 5.95. The van der Waals surface area contributed by atoms with E-state index >= 15 is 0 Å². The van der Waals surface area contributed by atoms with Gasteiger partial charge in [0, 0.05) is 31.1 Å². The van der Waals surface area contributed by atoms with Crippen molar-refractivity contribution >= 4 is 18.9 Å². The van der Waals surface area contributed by atoms with Crippen molar-refractivity contribution in [2.24, 2.45) is 0 Å². The Morgan fingerprint density at radius 3 is 2.69 bits per heavy atom. The molecule has 2 fully saturated rings. The van der Waals surface area contributed by atoms with Gasteiger partial charge in [-0.25, -0.2) is 0 Å². The van der Waals surface area contributed by atoms with Gasteiger partial charge in [0.15, 0.2) is 0 Å². The van der Waals surface area contributed by atoms with Crippen molar-refractivity contribution in [3.05, 3.63) is 29.3 Å². The summed E-state index contributed by atoms with van der Waals surface area (Å²) in [5, 5.41) is 0. The summed E-state index contributed by atoms with van der Waals surface area (Å²) in [5.41, 5.74) is 1.44. The molecule has 0 bridgehead atoms. The maximum atomic E-state index is 11.5. The minimum absolute atomic E-state index is 0.173. The summed E-state index contributed by atoms with van der Waals surface area (Å²) in [7, 11) is 1.84. The summed E-state index contributed by atoms with van der Waals surface area (Å²) in [6.07, 6.45) is 9.68. The molecule has 2 aliphatic rings. The van der Waals surface area contributed by atoms with E-state index in [2.05, 4.69) is 4.90 Å². The Morgan fingerprint density at radius 2 is 2.03 bits per heavy atom. The predicted molar refractivity (Wildman–Crippen MR) is 111 cm³/mol. The second-order valence-corrected chi connectivity index (χ2v) is 8.30. The summed E-state index contributed by atoms with van der Waals surface area (Å²) in [6.45, 7) is 2.58. The summed E-state index contributed by atoms with van der Waals surface area (Å²) in [4.78, 5) is 38.0. The lowest BCUT2D eigenvalue weighted by molar-refractivity contribution is -0.113. The second-order valence-electron chi connectivity index (χ2n) is 8.30. The number of aldehydes is 3. The van der Waals surface area contributed by atoms with Gasteiger partial charge in [-0.3, -0.25) is 14.6 Å². The van der Waals surface area contributed by atoms with Gasteiger partial charge in [-0.05, 0) is 69.5 Å². The van der Waals surface area contributed by atoms with Gasteiger partial charge >= 0.3 is 0 Å². The number of likely N-dealkylation sites (N-methyl/N-ethyl adjacent to an activating group) is 1. The van der Waals surface area contributed by atoms with Crippen LogP contribution in [0.2, 0.25) is 0 Å². The van der Waals surface area contributed by atoms with Gasteiger partial charge in [0.1, 0.15) is 30.7 Å². The molecule has 1 aromatic carbocycles. The average Bonchev–Trinajstić information content (AvgIpc) is 2.68. The van der Waals surface area contributed by atoms with E-state index in [1.54, 1.807) is 6.07 Å². The van der Waals surface area contributed by atoms with Crippen molar-refractivity contribution in [3.63, 3.8) is 0 Å². The quantitative estimate of drug-likeness (QED) is 0.532. The van der Waals surface area contributed by atoms with Crippen LogP contribution in [0, 0.1) is 0 Å². The Bertz CT molecular complexity index is 704. The molecule has 29 heavy (non-hydrogen) atoms. The lowest BCUT2D eigenvalue weighted by atomic mass is 9.89. The molecular formula is C23H32N2O4. The van der Waals surface area contributed by atoms with Crippen LogP contribution in [0.3, 0.4) is 0 Å². The van der Waals surface area contributed by atoms with Gasteiger partial charge in [-0.1, -0.05) is 6.42 Å². The number of rotatable bonds is 11. The molecule has 1 saturated heterocycles. The van der Waals surface area contributed by atoms with Crippen molar-refractivity contribution in [2.45, 2.75) is 69.7 Å². The molecule has 0 amide bonds. The van der Waals surface area contributed by atoms with Crippen LogP contribution >= 0.6 is 0 Å². The zero-order valence-electron chi connectivity index (χ0n) is 17.3. The zero-order chi connectivity index (χ0) is 20.6. The van der Waals surface area contributed by atoms with Crippen molar-refractivity contribution in [1.82, 2.24) is 9.80 Å². The predicted octanol–water partition coefficient (Wildman–Crippen LogP) is 2.87. The maximum Gasteiger partial charge on any atom is 0.150 e. The Kier molecular flexibility index (Phi) is 7.95. The smallest absolute Gasteiger partial charge is 0.150 e. The van der Waals surface area contributed by atoms with Gasteiger partial charge in [-0.2, -0.15) is 0 Å². The molecule has 0 N–H and O–H groups in total. The molecule has 2 unspecified atom stereocenters. The molecule has 1 aliphatic heterocycles. The summed E-state index contributed by atoms with van der Waals surface area (Å²) in [5.74, 6) is 0.773. The monoisotopic (exact) mass is 400 g/mol. The molecule has 6 nitrogen and oxygen atoms in total. The minimum atomic E-state index is -0.348. The third-order valence-corrected chi connectivity index (χ3v) is 6.27. The maximum absolute atomic E-state index is 11.5. The molecule has 3 rings (SSSR count). The Morgan fingerprint density at radius 1 is 1.21 bits per heavy atom. The largest absolute Gasteiger partial charge is 0.489 e. The lowest BCUT2D eigenvalue weighted by Crippen LogP contribution is -2.48. The first kappa shape index (κ1) is 21.7. The molecule has 158 valence electrons. The first-order chi connectivity index (χ1) is 14.1. The molecule has 1 aromatic rings. The van der Waals surface area contributed by atoms with Crippen molar-refractivity contribution in [3.8, 4) is 5.75 Å². The normalized spacial score (nSPS) is 21.4. The fourth-order valence-electron chi connectivity index (χ4n) is 4.26. The van der Waals surface area contributed by atoms with E-state index in [9.17, 15) is 14.4 Å². The molecule has 1 saturated carbocycles. The highest BCUT2D eigenvalue weighted by Gasteiger charge is 2.30. The molecule has 0 radical (unpaired) electrons. The van der Waals surface area contributed by atoms with Crippen LogP contribution in [0.5, 0.6) is 5.75 Å². The average molecular weight is 401 g/mol. The van der Waals surface area contributed by atoms with Crippen molar-refractivity contribution in [2.75, 3.05) is 20.1 Å². The Balaban J connectivity index is 1.65. The standard InChI is InChI=1S/C23H32N2O4/c1-24(21(17-28)7-4-12-26)14-19-13-22(10-9-18(19)16-27)29-23-8-3-11-25(15-23)20-5-2-6-20/h9-10,12-13,16-17,20-21,23H,2-8,11,14-15H2,1H3. The number of carbonyl (C=O) groups is 3. The second kappa shape index (κ2) is 10.6. The van der Waals surface area contributed by atoms with E-state index in [1.165, 1.54) is 25.8 Å². The fourth-order valence-corrected chi connectivity index (χ4v) is 4.26. The number of carbonyl (C=O) groups excluding carboxylic acids is 3. The van der Waals surface area contributed by atoms with Crippen LogP contribution in [0.1, 0.15) is 60.9 Å². The number of ether oxygens (including phenoxy) is 1. The van der Waals surface area contributed by atoms with Crippen LogP contribution in [-0.4, -0.2) is 67.0 Å². The Labute approximate surface area is 173 Å². The van der Waals surface area contributed by atoms with E-state index in [-0.39, 0.29) is 12.1 Å². The van der Waals surface area contributed by atoms with Crippen LogP contribution < -0.4 is 4.74 Å². The number of nitrogens with zero attached hydrogens (tertiary/aromatic N) is 2. The number of benzene rings is 1. The summed E-state index contributed by atoms with van der Waals surface area (Å²) < 4.78 is 6.29. The lowest BCUT2D eigenvalue weighted by Gasteiger charge is -2.42. The van der Waals surface area contributed by atoms with Gasteiger partial charge in [0.05, 0.1) is 6.04 Å². The van der Waals surface area contributed by atoms with Gasteiger partial charge in [-0.15, -0.1) is 0 Å². The van der Waals surface area contributed by atoms with E-state index in [4.69, 9.17) is 4.74 Å². The van der Waals surface area contributed by atoms with Crippen molar-refractivity contribution in [1.29, 1.82) is 0 Å². The van der Waals surface area contributed by atoms with Crippen molar-refractivity contribution < 1.29 is 19.1 Å². The fraction of sp³-hybridized carbons (Fsp3) is 0.609. The number of hydrogen-bond donors (Lipinski definition) is 0. The molecule has 2 atom stereocenters. The molecule has 0 aromatic heterocycles. The van der Waals surface area contributed by atoms with E-state index in [0.717, 1.165) is 55.6 Å². The molecule has 1 aliphatic carbocycles. The number of hydrogen-bond acceptors (Lipinski definition) is 6. The zero-order valence-corrected chi connectivity index (χ0v) is 17.3. The number of likely N-dealkylation sites (tertiary alicyclic amines) is 1. The topological polar surface area (TPSA) is 66.9 Å². The van der Waals surface area contributed by atoms with Gasteiger partial charge < -0.3 is 14.3 Å². The van der Waals surface area contributed by atoms with Crippen LogP contribution in [0.15, 0.2) is 18.2 Å². The number of piperidine rings is 1. The van der Waals surface area contributed by atoms with Gasteiger partial charge in [0.25, 0.3) is 0 Å². The molecule has 0 spiro atoms. The molecular weight excluding hydrogens is 368 g/mol. The highest BCUT2D eigenvalue weighted by atomic mass is 16.5. The highest BCUT2D eigenvalue weighted by Crippen LogP contribution is 2.29. The van der Waals surface area contributed by atoms with Gasteiger partial charge in [0.2, 0.25) is 0 Å². The van der Waals surface area contributed by atoms with E-state index < -0.39 is 0 Å². The van der Waals surface area contributed by atoms with E-state index in [0.29, 0.717) is 24.9 Å². The molecule has 6 heteroatoms. The van der Waals surface area contributed by atoms with Crippen LogP contribution in [0.25, 0.3) is 0 Å². The molecule has 1 heterocycles. The highest BCUT2D eigenvalue weighted by molar-refractivity contribution is 5.77. The Hall–Kier alpha value is -2.05. The van der Waals surface area contributed by atoms with Crippen LogP contribution in [-0.2, 0) is 16.1 Å². The first-order valence-corrected chi connectivity index (χ1v) is 10.7. The van der Waals surface area contributed by atoms with Crippen LogP contribution in [0.4, 0.5) is 0 Å². The SMILES string of the molecule is CN(Cc1cc(OC2CCCN(C3CCC3)C2)ccc1C=O)C(C=O)CCC=O. The third kappa shape index (κ3) is 5.73. The minimum Gasteiger partial charge on any atom is -0.489 e. The summed E-state index contributed by atoms with van der Waals surface area (Å²) >= 11 is 0. The van der Waals surface area contributed by atoms with E-state index in [1.807, 2.05) is 24.1 Å². The third-order valence-electron chi connectivity index (χ3n) is 6.27.